The lowest BCUT2D eigenvalue weighted by atomic mass is 10.0. The van der Waals surface area contributed by atoms with Crippen LogP contribution in [0.1, 0.15) is 24.2 Å². The highest BCUT2D eigenvalue weighted by molar-refractivity contribution is 5.94. The average Bonchev–Trinajstić information content (AvgIpc) is 2.51. The number of carbonyl (C=O) groups is 1. The summed E-state index contributed by atoms with van der Waals surface area (Å²) in [4.78, 5) is 12.1. The van der Waals surface area contributed by atoms with Crippen molar-refractivity contribution in [1.29, 1.82) is 0 Å². The summed E-state index contributed by atoms with van der Waals surface area (Å²) >= 11 is 0. The summed E-state index contributed by atoms with van der Waals surface area (Å²) in [5, 5.41) is 6.27. The van der Waals surface area contributed by atoms with Gasteiger partial charge >= 0.3 is 0 Å². The van der Waals surface area contributed by atoms with Crippen LogP contribution in [0.15, 0.2) is 54.6 Å². The van der Waals surface area contributed by atoms with Crippen LogP contribution >= 0.6 is 0 Å². The normalized spacial score (nSPS) is 12.0. The van der Waals surface area contributed by atoms with Crippen LogP contribution in [0.2, 0.25) is 0 Å². The van der Waals surface area contributed by atoms with Gasteiger partial charge in [-0.15, -0.1) is 0 Å². The zero-order chi connectivity index (χ0) is 15.9. The standard InChI is InChI=1S/C18H21FN2O/c1-13(2)17(21-16-9-4-3-5-10-16)12-20-18(22)14-7-6-8-15(19)11-14/h3-11,13,17,21H,12H2,1-2H3,(H,20,22). The number of para-hydroxylation sites is 1. The average molecular weight is 300 g/mol. The molecule has 1 unspecified atom stereocenters. The molecule has 2 aromatic rings. The minimum absolute atomic E-state index is 0.0971. The van der Waals surface area contributed by atoms with Crippen molar-refractivity contribution in [3.8, 4) is 0 Å². The summed E-state index contributed by atoms with van der Waals surface area (Å²) in [6, 6.07) is 15.7. The number of rotatable bonds is 6. The molecule has 0 aliphatic rings. The van der Waals surface area contributed by atoms with E-state index in [0.717, 1.165) is 5.69 Å². The minimum Gasteiger partial charge on any atom is -0.380 e. The van der Waals surface area contributed by atoms with Gasteiger partial charge in [-0.1, -0.05) is 38.1 Å². The van der Waals surface area contributed by atoms with Crippen LogP contribution in [0.25, 0.3) is 0 Å². The first-order valence-corrected chi connectivity index (χ1v) is 7.41. The van der Waals surface area contributed by atoms with Gasteiger partial charge in [0.15, 0.2) is 0 Å². The first kappa shape index (κ1) is 16.0. The first-order chi connectivity index (χ1) is 10.6. The Hall–Kier alpha value is -2.36. The molecule has 22 heavy (non-hydrogen) atoms. The van der Waals surface area contributed by atoms with E-state index < -0.39 is 5.82 Å². The monoisotopic (exact) mass is 300 g/mol. The fourth-order valence-electron chi connectivity index (χ4n) is 2.14. The molecule has 2 N–H and O–H groups in total. The molecule has 0 radical (unpaired) electrons. The van der Waals surface area contributed by atoms with E-state index in [1.165, 1.54) is 18.2 Å². The largest absolute Gasteiger partial charge is 0.380 e. The topological polar surface area (TPSA) is 41.1 Å². The molecule has 0 saturated heterocycles. The second-order valence-corrected chi connectivity index (χ2v) is 5.58. The smallest absolute Gasteiger partial charge is 0.251 e. The molecule has 1 amide bonds. The molecule has 0 heterocycles. The van der Waals surface area contributed by atoms with Gasteiger partial charge in [0.25, 0.3) is 5.91 Å². The molecule has 1 atom stereocenters. The van der Waals surface area contributed by atoms with Crippen molar-refractivity contribution in [2.45, 2.75) is 19.9 Å². The summed E-state index contributed by atoms with van der Waals surface area (Å²) in [6.45, 7) is 4.66. The van der Waals surface area contributed by atoms with Crippen molar-refractivity contribution in [2.24, 2.45) is 5.92 Å². The van der Waals surface area contributed by atoms with Crippen molar-refractivity contribution < 1.29 is 9.18 Å². The highest BCUT2D eigenvalue weighted by Crippen LogP contribution is 2.12. The molecule has 0 aliphatic carbocycles. The second kappa shape index (κ2) is 7.59. The van der Waals surface area contributed by atoms with Gasteiger partial charge in [0.2, 0.25) is 0 Å². The van der Waals surface area contributed by atoms with Gasteiger partial charge in [0.1, 0.15) is 5.82 Å². The maximum Gasteiger partial charge on any atom is 0.251 e. The zero-order valence-electron chi connectivity index (χ0n) is 12.8. The molecular formula is C18H21FN2O. The van der Waals surface area contributed by atoms with E-state index in [1.54, 1.807) is 6.07 Å². The molecule has 2 aromatic carbocycles. The minimum atomic E-state index is -0.407. The molecule has 3 nitrogen and oxygen atoms in total. The van der Waals surface area contributed by atoms with Crippen LogP contribution in [0.3, 0.4) is 0 Å². The lowest BCUT2D eigenvalue weighted by Crippen LogP contribution is -2.39. The Morgan fingerprint density at radius 1 is 1.09 bits per heavy atom. The van der Waals surface area contributed by atoms with E-state index in [2.05, 4.69) is 24.5 Å². The van der Waals surface area contributed by atoms with Crippen molar-refractivity contribution in [2.75, 3.05) is 11.9 Å². The van der Waals surface area contributed by atoms with Gasteiger partial charge in [-0.2, -0.15) is 0 Å². The molecular weight excluding hydrogens is 279 g/mol. The summed E-state index contributed by atoms with van der Waals surface area (Å²) < 4.78 is 13.1. The quantitative estimate of drug-likeness (QED) is 0.854. The Bertz CT molecular complexity index is 613. The van der Waals surface area contributed by atoms with E-state index >= 15 is 0 Å². The van der Waals surface area contributed by atoms with Gasteiger partial charge < -0.3 is 10.6 Å². The SMILES string of the molecule is CC(C)C(CNC(=O)c1cccc(F)c1)Nc1ccccc1. The Labute approximate surface area is 130 Å². The number of amides is 1. The van der Waals surface area contributed by atoms with E-state index in [9.17, 15) is 9.18 Å². The Morgan fingerprint density at radius 3 is 2.45 bits per heavy atom. The number of nitrogens with one attached hydrogen (secondary N) is 2. The maximum atomic E-state index is 13.1. The van der Waals surface area contributed by atoms with Crippen LogP contribution in [-0.2, 0) is 0 Å². The van der Waals surface area contributed by atoms with E-state index in [-0.39, 0.29) is 11.9 Å². The molecule has 0 aromatic heterocycles. The van der Waals surface area contributed by atoms with Gasteiger partial charge in [-0.25, -0.2) is 4.39 Å². The summed E-state index contributed by atoms with van der Waals surface area (Å²) in [5.41, 5.74) is 1.35. The third-order valence-corrected chi connectivity index (χ3v) is 3.50. The zero-order valence-corrected chi connectivity index (χ0v) is 12.8. The van der Waals surface area contributed by atoms with Crippen LogP contribution < -0.4 is 10.6 Å². The van der Waals surface area contributed by atoms with E-state index in [0.29, 0.717) is 18.0 Å². The maximum absolute atomic E-state index is 13.1. The number of benzene rings is 2. The van der Waals surface area contributed by atoms with Gasteiger partial charge in [0.05, 0.1) is 0 Å². The Kier molecular flexibility index (Phi) is 5.53. The Balaban J connectivity index is 1.96. The molecule has 0 aliphatic heterocycles. The lowest BCUT2D eigenvalue weighted by Gasteiger charge is -2.24. The molecule has 0 saturated carbocycles. The van der Waals surface area contributed by atoms with E-state index in [1.807, 2.05) is 30.3 Å². The van der Waals surface area contributed by atoms with Crippen LogP contribution in [-0.4, -0.2) is 18.5 Å². The number of carbonyl (C=O) groups excluding carboxylic acids is 1. The van der Waals surface area contributed by atoms with Crippen molar-refractivity contribution in [3.63, 3.8) is 0 Å². The number of hydrogen-bond acceptors (Lipinski definition) is 2. The van der Waals surface area contributed by atoms with Crippen LogP contribution in [0.5, 0.6) is 0 Å². The predicted octanol–water partition coefficient (Wildman–Crippen LogP) is 3.69. The van der Waals surface area contributed by atoms with Crippen LogP contribution in [0, 0.1) is 11.7 Å². The molecule has 0 bridgehead atoms. The molecule has 0 spiro atoms. The van der Waals surface area contributed by atoms with E-state index in [4.69, 9.17) is 0 Å². The van der Waals surface area contributed by atoms with Gasteiger partial charge in [-0.3, -0.25) is 4.79 Å². The number of anilines is 1. The molecule has 2 rings (SSSR count). The third kappa shape index (κ3) is 4.58. The third-order valence-electron chi connectivity index (χ3n) is 3.50. The predicted molar refractivity (Wildman–Crippen MR) is 87.4 cm³/mol. The summed E-state index contributed by atoms with van der Waals surface area (Å²) in [5.74, 6) is -0.330. The highest BCUT2D eigenvalue weighted by Gasteiger charge is 2.15. The second-order valence-electron chi connectivity index (χ2n) is 5.58. The fraction of sp³-hybridized carbons (Fsp3) is 0.278. The fourth-order valence-corrected chi connectivity index (χ4v) is 2.14. The number of hydrogen-bond donors (Lipinski definition) is 2. The highest BCUT2D eigenvalue weighted by atomic mass is 19.1. The van der Waals surface area contributed by atoms with Crippen LogP contribution in [0.4, 0.5) is 10.1 Å². The summed E-state index contributed by atoms with van der Waals surface area (Å²) in [7, 11) is 0. The first-order valence-electron chi connectivity index (χ1n) is 7.41. The summed E-state index contributed by atoms with van der Waals surface area (Å²) in [6.07, 6.45) is 0. The van der Waals surface area contributed by atoms with Gasteiger partial charge in [-0.05, 0) is 36.2 Å². The Morgan fingerprint density at radius 2 is 1.82 bits per heavy atom. The molecule has 116 valence electrons. The lowest BCUT2D eigenvalue weighted by molar-refractivity contribution is 0.0950. The molecule has 0 fully saturated rings. The molecule has 4 heteroatoms. The van der Waals surface area contributed by atoms with Crippen molar-refractivity contribution in [3.05, 3.63) is 66.0 Å². The van der Waals surface area contributed by atoms with Crippen molar-refractivity contribution in [1.82, 2.24) is 5.32 Å². The van der Waals surface area contributed by atoms with Gasteiger partial charge in [0, 0.05) is 23.8 Å². The van der Waals surface area contributed by atoms with Crippen molar-refractivity contribution >= 4 is 11.6 Å². The number of halogens is 1.